The van der Waals surface area contributed by atoms with Crippen molar-refractivity contribution in [1.82, 2.24) is 0 Å². The minimum Gasteiger partial charge on any atom is -0.365 e. The van der Waals surface area contributed by atoms with E-state index in [1.54, 1.807) is 6.07 Å². The highest BCUT2D eigenvalue weighted by Gasteiger charge is 2.03. The average Bonchev–Trinajstić information content (AvgIpc) is 2.73. The van der Waals surface area contributed by atoms with Crippen molar-refractivity contribution in [3.8, 4) is 0 Å². The van der Waals surface area contributed by atoms with Gasteiger partial charge < -0.3 is 5.73 Å². The molecule has 0 saturated carbocycles. The largest absolute Gasteiger partial charge is 0.365 e. The smallest absolute Gasteiger partial charge is 0.258 e. The molecule has 1 aromatic rings. The second kappa shape index (κ2) is 11.2. The zero-order valence-electron chi connectivity index (χ0n) is 10.5. The zero-order valence-corrected chi connectivity index (χ0v) is 11.3. The Balaban J connectivity index is 0. The molecule has 0 aromatic carbocycles. The Bertz CT molecular complexity index is 256. The Morgan fingerprint density at radius 1 is 1.27 bits per heavy atom. The summed E-state index contributed by atoms with van der Waals surface area (Å²) in [6, 6.07) is 3.76. The van der Waals surface area contributed by atoms with Gasteiger partial charge in [-0.3, -0.25) is 4.79 Å². The Kier molecular flexibility index (Phi) is 12.4. The van der Waals surface area contributed by atoms with Crippen LogP contribution in [-0.4, -0.2) is 5.91 Å². The lowest BCUT2D eigenvalue weighted by Gasteiger charge is -1.88. The molecular weight excluding hydrogens is 206 g/mol. The molecule has 1 rings (SSSR count). The molecule has 0 aliphatic carbocycles. The van der Waals surface area contributed by atoms with Crippen molar-refractivity contribution in [1.29, 1.82) is 0 Å². The number of amides is 1. The molecule has 1 aromatic heterocycles. The third kappa shape index (κ3) is 7.14. The SMILES string of the molecule is CC.CC.CCCc1ccc(C(N)=O)s1. The van der Waals surface area contributed by atoms with Crippen LogP contribution in [0.1, 0.15) is 55.6 Å². The highest BCUT2D eigenvalue weighted by Crippen LogP contribution is 2.16. The van der Waals surface area contributed by atoms with E-state index in [0.29, 0.717) is 4.88 Å². The van der Waals surface area contributed by atoms with Crippen molar-refractivity contribution >= 4 is 17.2 Å². The predicted octanol–water partition coefficient (Wildman–Crippen LogP) is 3.85. The third-order valence-corrected chi connectivity index (χ3v) is 2.56. The van der Waals surface area contributed by atoms with Crippen LogP contribution < -0.4 is 5.73 Å². The van der Waals surface area contributed by atoms with Crippen molar-refractivity contribution in [3.05, 3.63) is 21.9 Å². The van der Waals surface area contributed by atoms with Gasteiger partial charge in [0.15, 0.2) is 0 Å². The maximum Gasteiger partial charge on any atom is 0.258 e. The molecule has 0 spiro atoms. The summed E-state index contributed by atoms with van der Waals surface area (Å²) in [5.74, 6) is -0.322. The molecule has 0 unspecified atom stereocenters. The van der Waals surface area contributed by atoms with Gasteiger partial charge in [-0.2, -0.15) is 0 Å². The Labute approximate surface area is 97.5 Å². The summed E-state index contributed by atoms with van der Waals surface area (Å²) in [6.45, 7) is 10.1. The van der Waals surface area contributed by atoms with Crippen molar-refractivity contribution in [2.24, 2.45) is 5.73 Å². The molecule has 0 atom stereocenters. The van der Waals surface area contributed by atoms with Gasteiger partial charge >= 0.3 is 0 Å². The minimum atomic E-state index is -0.322. The van der Waals surface area contributed by atoms with Crippen LogP contribution in [0.25, 0.3) is 0 Å². The zero-order chi connectivity index (χ0) is 12.3. The fourth-order valence-corrected chi connectivity index (χ4v) is 1.85. The Morgan fingerprint density at radius 2 is 1.80 bits per heavy atom. The molecule has 0 saturated heterocycles. The summed E-state index contributed by atoms with van der Waals surface area (Å²) in [6.07, 6.45) is 2.15. The Morgan fingerprint density at radius 3 is 2.13 bits per heavy atom. The van der Waals surface area contributed by atoms with Gasteiger partial charge in [-0.05, 0) is 18.6 Å². The van der Waals surface area contributed by atoms with Crippen LogP contribution in [0.2, 0.25) is 0 Å². The fraction of sp³-hybridized carbons (Fsp3) is 0.583. The first kappa shape index (κ1) is 16.6. The van der Waals surface area contributed by atoms with Crippen molar-refractivity contribution in [3.63, 3.8) is 0 Å². The van der Waals surface area contributed by atoms with E-state index in [1.165, 1.54) is 16.2 Å². The minimum absolute atomic E-state index is 0.322. The molecule has 2 nitrogen and oxygen atoms in total. The molecule has 88 valence electrons. The lowest BCUT2D eigenvalue weighted by atomic mass is 10.3. The molecule has 15 heavy (non-hydrogen) atoms. The third-order valence-electron chi connectivity index (χ3n) is 1.40. The predicted molar refractivity (Wildman–Crippen MR) is 69.5 cm³/mol. The number of thiophene rings is 1. The van der Waals surface area contributed by atoms with Gasteiger partial charge in [0.05, 0.1) is 4.88 Å². The van der Waals surface area contributed by atoms with Gasteiger partial charge in [-0.1, -0.05) is 41.0 Å². The molecule has 3 heteroatoms. The summed E-state index contributed by atoms with van der Waals surface area (Å²) in [5.41, 5.74) is 5.09. The van der Waals surface area contributed by atoms with Gasteiger partial charge in [-0.25, -0.2) is 0 Å². The van der Waals surface area contributed by atoms with E-state index in [9.17, 15) is 4.79 Å². The van der Waals surface area contributed by atoms with E-state index in [-0.39, 0.29) is 5.91 Å². The highest BCUT2D eigenvalue weighted by molar-refractivity contribution is 7.14. The molecule has 1 heterocycles. The van der Waals surface area contributed by atoms with Gasteiger partial charge in [0.2, 0.25) is 0 Å². The van der Waals surface area contributed by atoms with Crippen LogP contribution in [0.15, 0.2) is 12.1 Å². The average molecular weight is 229 g/mol. The van der Waals surface area contributed by atoms with E-state index < -0.39 is 0 Å². The summed E-state index contributed by atoms with van der Waals surface area (Å²) >= 11 is 1.49. The lowest BCUT2D eigenvalue weighted by molar-refractivity contribution is 0.100. The van der Waals surface area contributed by atoms with Crippen LogP contribution in [-0.2, 0) is 6.42 Å². The van der Waals surface area contributed by atoms with Gasteiger partial charge in [0.1, 0.15) is 0 Å². The van der Waals surface area contributed by atoms with E-state index in [2.05, 4.69) is 6.92 Å². The monoisotopic (exact) mass is 229 g/mol. The Hall–Kier alpha value is -0.830. The quantitative estimate of drug-likeness (QED) is 0.840. The molecule has 1 amide bonds. The summed E-state index contributed by atoms with van der Waals surface area (Å²) in [4.78, 5) is 12.5. The number of nitrogens with two attached hydrogens (primary N) is 1. The molecular formula is C12H23NOS. The molecule has 0 bridgehead atoms. The second-order valence-electron chi connectivity index (χ2n) is 2.38. The molecule has 0 fully saturated rings. The van der Waals surface area contributed by atoms with E-state index in [0.717, 1.165) is 12.8 Å². The normalized spacial score (nSPS) is 8.07. The number of carbonyl (C=O) groups excluding carboxylic acids is 1. The number of hydrogen-bond acceptors (Lipinski definition) is 2. The van der Waals surface area contributed by atoms with Crippen LogP contribution in [0.3, 0.4) is 0 Å². The van der Waals surface area contributed by atoms with Crippen molar-refractivity contribution < 1.29 is 4.79 Å². The molecule has 2 N–H and O–H groups in total. The van der Waals surface area contributed by atoms with Crippen LogP contribution >= 0.6 is 11.3 Å². The van der Waals surface area contributed by atoms with Crippen molar-refractivity contribution in [2.45, 2.75) is 47.5 Å². The number of carbonyl (C=O) groups is 1. The van der Waals surface area contributed by atoms with Crippen molar-refractivity contribution in [2.75, 3.05) is 0 Å². The topological polar surface area (TPSA) is 43.1 Å². The number of rotatable bonds is 3. The van der Waals surface area contributed by atoms with Gasteiger partial charge in [0.25, 0.3) is 5.91 Å². The molecule has 0 aliphatic heterocycles. The highest BCUT2D eigenvalue weighted by atomic mass is 32.1. The maximum atomic E-state index is 10.7. The molecule has 0 aliphatic rings. The van der Waals surface area contributed by atoms with Crippen LogP contribution in [0, 0.1) is 0 Å². The van der Waals surface area contributed by atoms with E-state index in [1.807, 2.05) is 33.8 Å². The molecule has 0 radical (unpaired) electrons. The lowest BCUT2D eigenvalue weighted by Crippen LogP contribution is -2.08. The van der Waals surface area contributed by atoms with Gasteiger partial charge in [-0.15, -0.1) is 11.3 Å². The van der Waals surface area contributed by atoms with E-state index in [4.69, 9.17) is 5.73 Å². The maximum absolute atomic E-state index is 10.7. The second-order valence-corrected chi connectivity index (χ2v) is 3.55. The summed E-state index contributed by atoms with van der Waals surface area (Å²) in [7, 11) is 0. The summed E-state index contributed by atoms with van der Waals surface area (Å²) in [5, 5.41) is 0. The van der Waals surface area contributed by atoms with Crippen LogP contribution in [0.5, 0.6) is 0 Å². The standard InChI is InChI=1S/C8H11NOS.2C2H6/c1-2-3-6-4-5-7(11-6)8(9)10;2*1-2/h4-5H,2-3H2,1H3,(H2,9,10);2*1-2H3. The number of aryl methyl sites for hydroxylation is 1. The van der Waals surface area contributed by atoms with E-state index >= 15 is 0 Å². The first-order valence-corrected chi connectivity index (χ1v) is 6.44. The fourth-order valence-electron chi connectivity index (χ4n) is 0.891. The first-order valence-electron chi connectivity index (χ1n) is 5.62. The van der Waals surface area contributed by atoms with Gasteiger partial charge in [0, 0.05) is 4.88 Å². The number of primary amides is 1. The van der Waals surface area contributed by atoms with Crippen LogP contribution in [0.4, 0.5) is 0 Å². The summed E-state index contributed by atoms with van der Waals surface area (Å²) < 4.78 is 0. The number of hydrogen-bond donors (Lipinski definition) is 1. The first-order chi connectivity index (χ1) is 7.24.